The summed E-state index contributed by atoms with van der Waals surface area (Å²) in [5, 5.41) is 2.84. The first-order valence-electron chi connectivity index (χ1n) is 10.2. The molecule has 1 amide bonds. The fraction of sp³-hybridized carbons (Fsp3) is 0.0800. The van der Waals surface area contributed by atoms with Gasteiger partial charge in [0.25, 0.3) is 15.9 Å². The molecule has 166 valence electrons. The number of aryl methyl sites for hydroxylation is 1. The second-order valence-electron chi connectivity index (χ2n) is 7.48. The summed E-state index contributed by atoms with van der Waals surface area (Å²) in [5.41, 5.74) is 4.25. The van der Waals surface area contributed by atoms with Crippen LogP contribution in [-0.2, 0) is 16.6 Å². The highest BCUT2D eigenvalue weighted by atomic mass is 32.2. The van der Waals surface area contributed by atoms with Crippen LogP contribution in [0.15, 0.2) is 96.3 Å². The number of nitrogens with zero attached hydrogens (tertiary/aromatic N) is 2. The normalized spacial score (nSPS) is 11.1. The summed E-state index contributed by atoms with van der Waals surface area (Å²) >= 11 is 0. The van der Waals surface area contributed by atoms with Crippen molar-refractivity contribution in [3.63, 3.8) is 0 Å². The molecule has 33 heavy (non-hydrogen) atoms. The third kappa shape index (κ3) is 5.61. The van der Waals surface area contributed by atoms with Crippen molar-refractivity contribution in [3.05, 3.63) is 108 Å². The van der Waals surface area contributed by atoms with Gasteiger partial charge in [0.15, 0.2) is 0 Å². The van der Waals surface area contributed by atoms with Gasteiger partial charge >= 0.3 is 0 Å². The number of anilines is 1. The molecule has 2 aromatic carbocycles. The van der Waals surface area contributed by atoms with Crippen LogP contribution in [0.2, 0.25) is 0 Å². The summed E-state index contributed by atoms with van der Waals surface area (Å²) in [7, 11) is -3.70. The lowest BCUT2D eigenvalue weighted by atomic mass is 10.1. The lowest BCUT2D eigenvalue weighted by Crippen LogP contribution is -2.22. The minimum atomic E-state index is -3.70. The molecule has 0 bridgehead atoms. The summed E-state index contributed by atoms with van der Waals surface area (Å²) in [6, 6.07) is 20.5. The summed E-state index contributed by atoms with van der Waals surface area (Å²) in [4.78, 5) is 21.2. The molecule has 0 spiro atoms. The number of pyridine rings is 2. The van der Waals surface area contributed by atoms with Crippen molar-refractivity contribution in [2.75, 3.05) is 4.72 Å². The van der Waals surface area contributed by atoms with E-state index < -0.39 is 10.0 Å². The highest BCUT2D eigenvalue weighted by Crippen LogP contribution is 2.18. The third-order valence-electron chi connectivity index (χ3n) is 4.93. The van der Waals surface area contributed by atoms with Crippen molar-refractivity contribution in [2.24, 2.45) is 0 Å². The SMILES string of the molecule is Cc1cccc(S(=O)(=O)Nc2ccc(C(=O)NCc3ccc(-c4cccnc4)nc3)cc2)c1. The van der Waals surface area contributed by atoms with Crippen LogP contribution in [0.25, 0.3) is 11.3 Å². The van der Waals surface area contributed by atoms with E-state index in [4.69, 9.17) is 0 Å². The van der Waals surface area contributed by atoms with E-state index in [-0.39, 0.29) is 10.8 Å². The Kier molecular flexibility index (Phi) is 6.46. The number of nitrogens with one attached hydrogen (secondary N) is 2. The summed E-state index contributed by atoms with van der Waals surface area (Å²) in [6.07, 6.45) is 5.17. The number of hydrogen-bond donors (Lipinski definition) is 2. The molecular weight excluding hydrogens is 436 g/mol. The number of sulfonamides is 1. The molecule has 0 aliphatic heterocycles. The van der Waals surface area contributed by atoms with Crippen LogP contribution in [0.5, 0.6) is 0 Å². The molecular formula is C25H22N4O3S. The smallest absolute Gasteiger partial charge is 0.261 e. The Morgan fingerprint density at radius 1 is 0.939 bits per heavy atom. The van der Waals surface area contributed by atoms with Crippen molar-refractivity contribution >= 4 is 21.6 Å². The van der Waals surface area contributed by atoms with E-state index in [1.54, 1.807) is 55.0 Å². The number of carbonyl (C=O) groups is 1. The van der Waals surface area contributed by atoms with Gasteiger partial charge in [0.2, 0.25) is 0 Å². The monoisotopic (exact) mass is 458 g/mol. The molecule has 0 saturated carbocycles. The van der Waals surface area contributed by atoms with E-state index in [9.17, 15) is 13.2 Å². The molecule has 7 nitrogen and oxygen atoms in total. The standard InChI is InChI=1S/C25H22N4O3S/c1-18-4-2-6-23(14-18)33(31,32)29-22-10-8-20(9-11-22)25(30)28-16-19-7-12-24(27-15-19)21-5-3-13-26-17-21/h2-15,17,29H,16H2,1H3,(H,28,30). The number of rotatable bonds is 7. The molecule has 0 aliphatic rings. The Hall–Kier alpha value is -4.04. The van der Waals surface area contributed by atoms with E-state index in [1.807, 2.05) is 37.3 Å². The van der Waals surface area contributed by atoms with Crippen molar-refractivity contribution in [1.29, 1.82) is 0 Å². The van der Waals surface area contributed by atoms with Gasteiger partial charge in [-0.1, -0.05) is 18.2 Å². The van der Waals surface area contributed by atoms with Crippen molar-refractivity contribution < 1.29 is 13.2 Å². The molecule has 0 aliphatic carbocycles. The lowest BCUT2D eigenvalue weighted by molar-refractivity contribution is 0.0951. The molecule has 2 aromatic heterocycles. The van der Waals surface area contributed by atoms with Gasteiger partial charge in [-0.15, -0.1) is 0 Å². The van der Waals surface area contributed by atoms with Crippen LogP contribution >= 0.6 is 0 Å². The second-order valence-corrected chi connectivity index (χ2v) is 9.16. The molecule has 0 unspecified atom stereocenters. The van der Waals surface area contributed by atoms with E-state index >= 15 is 0 Å². The van der Waals surface area contributed by atoms with Crippen molar-refractivity contribution in [2.45, 2.75) is 18.4 Å². The summed E-state index contributed by atoms with van der Waals surface area (Å²) < 4.78 is 27.6. The first kappa shape index (κ1) is 22.2. The predicted octanol–water partition coefficient (Wildman–Crippen LogP) is 4.18. The van der Waals surface area contributed by atoms with Crippen molar-refractivity contribution in [3.8, 4) is 11.3 Å². The van der Waals surface area contributed by atoms with Crippen LogP contribution in [0, 0.1) is 6.92 Å². The zero-order valence-corrected chi connectivity index (χ0v) is 18.7. The highest BCUT2D eigenvalue weighted by Gasteiger charge is 2.14. The zero-order chi connectivity index (χ0) is 23.3. The maximum Gasteiger partial charge on any atom is 0.261 e. The topological polar surface area (TPSA) is 101 Å². The number of aromatic nitrogens is 2. The van der Waals surface area contributed by atoms with E-state index in [2.05, 4.69) is 20.0 Å². The highest BCUT2D eigenvalue weighted by molar-refractivity contribution is 7.92. The minimum absolute atomic E-state index is 0.187. The molecule has 4 rings (SSSR count). The Morgan fingerprint density at radius 3 is 2.42 bits per heavy atom. The van der Waals surface area contributed by atoms with Gasteiger partial charge in [0.1, 0.15) is 0 Å². The first-order valence-corrected chi connectivity index (χ1v) is 11.7. The van der Waals surface area contributed by atoms with Gasteiger partial charge in [0, 0.05) is 41.9 Å². The molecule has 4 aromatic rings. The van der Waals surface area contributed by atoms with Crippen LogP contribution < -0.4 is 10.0 Å². The average molecular weight is 459 g/mol. The van der Waals surface area contributed by atoms with Crippen LogP contribution in [0.4, 0.5) is 5.69 Å². The Bertz CT molecular complexity index is 1360. The molecule has 0 atom stereocenters. The minimum Gasteiger partial charge on any atom is -0.348 e. The quantitative estimate of drug-likeness (QED) is 0.433. The van der Waals surface area contributed by atoms with E-state index in [0.29, 0.717) is 17.8 Å². The van der Waals surface area contributed by atoms with Gasteiger partial charge in [-0.2, -0.15) is 0 Å². The Morgan fingerprint density at radius 2 is 1.76 bits per heavy atom. The molecule has 0 saturated heterocycles. The maximum atomic E-state index is 12.5. The van der Waals surface area contributed by atoms with Crippen molar-refractivity contribution in [1.82, 2.24) is 15.3 Å². The molecule has 2 N–H and O–H groups in total. The van der Waals surface area contributed by atoms with Crippen LogP contribution in [0.3, 0.4) is 0 Å². The molecule has 8 heteroatoms. The van der Waals surface area contributed by atoms with Crippen LogP contribution in [0.1, 0.15) is 21.5 Å². The number of benzene rings is 2. The van der Waals surface area contributed by atoms with Gasteiger partial charge in [-0.3, -0.25) is 19.5 Å². The predicted molar refractivity (Wildman–Crippen MR) is 127 cm³/mol. The van der Waals surface area contributed by atoms with Gasteiger partial charge in [0.05, 0.1) is 10.6 Å². The van der Waals surface area contributed by atoms with Gasteiger partial charge < -0.3 is 5.32 Å². The second kappa shape index (κ2) is 9.62. The molecule has 0 radical (unpaired) electrons. The van der Waals surface area contributed by atoms with E-state index in [0.717, 1.165) is 22.4 Å². The Labute approximate surface area is 192 Å². The summed E-state index contributed by atoms with van der Waals surface area (Å²) in [6.45, 7) is 2.15. The van der Waals surface area contributed by atoms with Gasteiger partial charge in [-0.25, -0.2) is 8.42 Å². The zero-order valence-electron chi connectivity index (χ0n) is 17.9. The first-order chi connectivity index (χ1) is 15.9. The van der Waals surface area contributed by atoms with Crippen LogP contribution in [-0.4, -0.2) is 24.3 Å². The fourth-order valence-corrected chi connectivity index (χ4v) is 4.35. The van der Waals surface area contributed by atoms with E-state index in [1.165, 1.54) is 6.07 Å². The average Bonchev–Trinajstić information content (AvgIpc) is 2.84. The number of amides is 1. The maximum absolute atomic E-state index is 12.5. The lowest BCUT2D eigenvalue weighted by Gasteiger charge is -2.10. The Balaban J connectivity index is 1.35. The summed E-state index contributed by atoms with van der Waals surface area (Å²) in [5.74, 6) is -0.264. The largest absolute Gasteiger partial charge is 0.348 e. The third-order valence-corrected chi connectivity index (χ3v) is 6.31. The number of hydrogen-bond acceptors (Lipinski definition) is 5. The number of carbonyl (C=O) groups excluding carboxylic acids is 1. The molecule has 0 fully saturated rings. The van der Waals surface area contributed by atoms with Gasteiger partial charge in [-0.05, 0) is 72.6 Å². The fourth-order valence-electron chi connectivity index (χ4n) is 3.18. The molecule has 2 heterocycles.